The van der Waals surface area contributed by atoms with Crippen molar-refractivity contribution in [1.82, 2.24) is 60.3 Å². The fourth-order valence-corrected chi connectivity index (χ4v) is 11.1. The van der Waals surface area contributed by atoms with E-state index in [4.69, 9.17) is 39.4 Å². The molecule has 402 valence electrons. The minimum atomic E-state index is 0.552. The molecule has 6 aromatic heterocycles. The number of hydrazine groups is 1. The van der Waals surface area contributed by atoms with Crippen LogP contribution in [0.5, 0.6) is 11.5 Å². The van der Waals surface area contributed by atoms with Gasteiger partial charge in [-0.1, -0.05) is 0 Å². The first kappa shape index (κ1) is 50.8. The minimum Gasteiger partial charge on any atom is -0.494 e. The molecule has 4 aliphatic heterocycles. The number of hydrogen-bond acceptors (Lipinski definition) is 20. The van der Waals surface area contributed by atoms with E-state index in [0.717, 1.165) is 161 Å². The molecule has 4 saturated heterocycles. The van der Waals surface area contributed by atoms with E-state index in [1.807, 2.05) is 24.5 Å². The number of fused-ring (bicyclic) bond motifs is 2. The molecule has 0 atom stereocenters. The van der Waals surface area contributed by atoms with Gasteiger partial charge in [0.1, 0.15) is 23.1 Å². The van der Waals surface area contributed by atoms with Crippen molar-refractivity contribution in [1.29, 1.82) is 0 Å². The van der Waals surface area contributed by atoms with Crippen LogP contribution in [0.1, 0.15) is 11.1 Å². The van der Waals surface area contributed by atoms with Crippen molar-refractivity contribution in [3.63, 3.8) is 0 Å². The van der Waals surface area contributed by atoms with Crippen LogP contribution < -0.4 is 49.7 Å². The second-order valence-electron chi connectivity index (χ2n) is 20.6. The standard InChI is InChI=1S/C58H68N18O2/c1-39-31-43(71-27-23-69(3)24-28-71)7-9-47(39)75(51-33-41(11-13-63-51)55-65-45-35-61-37-49(77-5)53(45)57(67-55)73-19-15-59-16-20-73)76(48-10-8-44(32-40(48)2)72-29-25-70(4)26-30-72)52-34-42(12-14-64-52)56-66-46-36-62-38-50(78-6)54(46)58(68-56)74-21-17-60-18-22-74/h7-14,31-38,59-60H,15-30H2,1-6H3. The molecule has 2 N–H and O–H groups in total. The molecule has 8 aromatic rings. The van der Waals surface area contributed by atoms with Crippen LogP contribution in [-0.2, 0) is 0 Å². The zero-order valence-corrected chi connectivity index (χ0v) is 45.5. The van der Waals surface area contributed by atoms with Crippen LogP contribution in [0.2, 0.25) is 0 Å². The predicted molar refractivity (Wildman–Crippen MR) is 310 cm³/mol. The van der Waals surface area contributed by atoms with E-state index in [9.17, 15) is 0 Å². The number of likely N-dealkylation sites (N-methyl/N-ethyl adjacent to an activating group) is 2. The minimum absolute atomic E-state index is 0.552. The number of piperazine rings is 4. The Morgan fingerprint density at radius 3 is 1.26 bits per heavy atom. The molecular formula is C58H68N18O2. The molecule has 10 heterocycles. The summed E-state index contributed by atoms with van der Waals surface area (Å²) in [4.78, 5) is 55.1. The lowest BCUT2D eigenvalue weighted by Crippen LogP contribution is -2.44. The van der Waals surface area contributed by atoms with Crippen LogP contribution >= 0.6 is 0 Å². The number of methoxy groups -OCH3 is 2. The number of nitrogens with one attached hydrogen (secondary N) is 2. The van der Waals surface area contributed by atoms with Crippen molar-refractivity contribution in [3.05, 3.63) is 109 Å². The fraction of sp³-hybridized carbons (Fsp3) is 0.379. The van der Waals surface area contributed by atoms with Crippen molar-refractivity contribution in [2.24, 2.45) is 0 Å². The Bertz CT molecular complexity index is 3220. The molecule has 0 amide bonds. The molecule has 12 rings (SSSR count). The number of hydrogen-bond donors (Lipinski definition) is 2. The summed E-state index contributed by atoms with van der Waals surface area (Å²) >= 11 is 0. The first-order chi connectivity index (χ1) is 38.2. The van der Waals surface area contributed by atoms with Gasteiger partial charge in [-0.3, -0.25) is 9.97 Å². The maximum atomic E-state index is 5.89. The van der Waals surface area contributed by atoms with Crippen molar-refractivity contribution in [3.8, 4) is 34.3 Å². The molecule has 0 unspecified atom stereocenters. The quantitative estimate of drug-likeness (QED) is 0.123. The lowest BCUT2D eigenvalue weighted by Gasteiger charge is -2.39. The van der Waals surface area contributed by atoms with Gasteiger partial charge in [-0.05, 0) is 99.7 Å². The molecule has 0 radical (unpaired) electrons. The summed E-state index contributed by atoms with van der Waals surface area (Å²) in [5.74, 6) is 5.26. The summed E-state index contributed by atoms with van der Waals surface area (Å²) in [6, 6.07) is 21.7. The Labute approximate surface area is 455 Å². The van der Waals surface area contributed by atoms with E-state index >= 15 is 0 Å². The van der Waals surface area contributed by atoms with Crippen LogP contribution in [-0.4, -0.2) is 183 Å². The molecule has 2 aromatic carbocycles. The van der Waals surface area contributed by atoms with E-state index < -0.39 is 0 Å². The van der Waals surface area contributed by atoms with Gasteiger partial charge in [-0.2, -0.15) is 0 Å². The third kappa shape index (κ3) is 10.1. The molecule has 0 bridgehead atoms. The maximum Gasteiger partial charge on any atom is 0.162 e. The Hall–Kier alpha value is -8.04. The Kier molecular flexibility index (Phi) is 14.4. The zero-order chi connectivity index (χ0) is 53.3. The predicted octanol–water partition coefficient (Wildman–Crippen LogP) is 6.34. The number of pyridine rings is 4. The number of anilines is 8. The normalized spacial score (nSPS) is 16.7. The second-order valence-corrected chi connectivity index (χ2v) is 20.6. The van der Waals surface area contributed by atoms with Gasteiger partial charge in [0.05, 0.1) is 72.2 Å². The summed E-state index contributed by atoms with van der Waals surface area (Å²) in [5, 5.41) is 13.1. The summed E-state index contributed by atoms with van der Waals surface area (Å²) < 4.78 is 11.8. The van der Waals surface area contributed by atoms with Gasteiger partial charge in [0.15, 0.2) is 23.3 Å². The zero-order valence-electron chi connectivity index (χ0n) is 45.5. The molecule has 0 aliphatic carbocycles. The highest BCUT2D eigenvalue weighted by Crippen LogP contribution is 2.43. The third-order valence-electron chi connectivity index (χ3n) is 15.6. The monoisotopic (exact) mass is 1050 g/mol. The van der Waals surface area contributed by atoms with Crippen LogP contribution in [0.3, 0.4) is 0 Å². The van der Waals surface area contributed by atoms with Crippen molar-refractivity contribution >= 4 is 67.8 Å². The lowest BCUT2D eigenvalue weighted by atomic mass is 10.1. The van der Waals surface area contributed by atoms with Crippen molar-refractivity contribution in [2.75, 3.05) is 163 Å². The molecule has 78 heavy (non-hydrogen) atoms. The topological polar surface area (TPSA) is 172 Å². The SMILES string of the molecule is COc1cncc2nc(-c3ccnc(N(c4ccc(N5CCN(C)CC5)cc4C)N(c4cc(-c5nc(N6CCNCC6)c6c(OC)cncc6n5)ccn4)c4ccc(N5CCN(C)CC5)cc4C)c3)nc(N3CCNCC3)c12. The Morgan fingerprint density at radius 2 is 0.872 bits per heavy atom. The van der Waals surface area contributed by atoms with Crippen LogP contribution in [0.25, 0.3) is 44.6 Å². The number of aryl methyl sites for hydroxylation is 2. The van der Waals surface area contributed by atoms with E-state index in [2.05, 4.69) is 136 Å². The number of ether oxygens (including phenoxy) is 2. The summed E-state index contributed by atoms with van der Waals surface area (Å²) in [5.41, 5.74) is 9.29. The fourth-order valence-electron chi connectivity index (χ4n) is 11.1. The first-order valence-electron chi connectivity index (χ1n) is 27.1. The van der Waals surface area contributed by atoms with Crippen molar-refractivity contribution in [2.45, 2.75) is 13.8 Å². The molecule has 4 aliphatic rings. The number of rotatable bonds is 13. The van der Waals surface area contributed by atoms with Gasteiger partial charge < -0.3 is 49.5 Å². The van der Waals surface area contributed by atoms with Gasteiger partial charge in [0.25, 0.3) is 0 Å². The van der Waals surface area contributed by atoms with Gasteiger partial charge in [-0.15, -0.1) is 0 Å². The highest BCUT2D eigenvalue weighted by Gasteiger charge is 2.30. The number of aromatic nitrogens is 8. The maximum absolute atomic E-state index is 5.89. The largest absolute Gasteiger partial charge is 0.494 e. The van der Waals surface area contributed by atoms with E-state index in [-0.39, 0.29) is 0 Å². The first-order valence-corrected chi connectivity index (χ1v) is 27.1. The van der Waals surface area contributed by atoms with E-state index in [0.29, 0.717) is 45.8 Å². The highest BCUT2D eigenvalue weighted by atomic mass is 16.5. The Balaban J connectivity index is 1.06. The summed E-state index contributed by atoms with van der Waals surface area (Å²) in [6.45, 7) is 18.7. The average Bonchev–Trinajstić information content (AvgIpc) is 3.66. The van der Waals surface area contributed by atoms with Gasteiger partial charge >= 0.3 is 0 Å². The smallest absolute Gasteiger partial charge is 0.162 e. The van der Waals surface area contributed by atoms with E-state index in [1.165, 1.54) is 11.4 Å². The van der Waals surface area contributed by atoms with Crippen LogP contribution in [0, 0.1) is 13.8 Å². The van der Waals surface area contributed by atoms with Crippen LogP contribution in [0.15, 0.2) is 97.8 Å². The average molecular weight is 1050 g/mol. The molecular weight excluding hydrogens is 981 g/mol. The Morgan fingerprint density at radius 1 is 0.462 bits per heavy atom. The number of benzene rings is 2. The molecule has 0 spiro atoms. The molecule has 20 nitrogen and oxygen atoms in total. The number of nitrogens with zero attached hydrogens (tertiary/aromatic N) is 16. The summed E-state index contributed by atoms with van der Waals surface area (Å²) in [7, 11) is 7.72. The lowest BCUT2D eigenvalue weighted by molar-refractivity contribution is 0.313. The van der Waals surface area contributed by atoms with Gasteiger partial charge in [0.2, 0.25) is 0 Å². The van der Waals surface area contributed by atoms with Crippen molar-refractivity contribution < 1.29 is 9.47 Å². The highest BCUT2D eigenvalue weighted by molar-refractivity contribution is 5.97. The molecule has 20 heteroatoms. The van der Waals surface area contributed by atoms with Gasteiger partial charge in [0, 0.05) is 140 Å². The summed E-state index contributed by atoms with van der Waals surface area (Å²) in [6.07, 6.45) is 10.8. The van der Waals surface area contributed by atoms with Crippen LogP contribution in [0.4, 0.5) is 46.0 Å². The second kappa shape index (κ2) is 22.1. The molecule has 4 fully saturated rings. The van der Waals surface area contributed by atoms with Gasteiger partial charge in [-0.25, -0.2) is 39.9 Å². The molecule has 0 saturated carbocycles. The third-order valence-corrected chi connectivity index (χ3v) is 15.6. The van der Waals surface area contributed by atoms with E-state index in [1.54, 1.807) is 39.0 Å².